The molecule has 39 heavy (non-hydrogen) atoms. The van der Waals surface area contributed by atoms with E-state index < -0.39 is 40.0 Å². The summed E-state index contributed by atoms with van der Waals surface area (Å²) >= 11 is 0. The molecule has 0 aromatic heterocycles. The van der Waals surface area contributed by atoms with Crippen LogP contribution in [0, 0.1) is 12.8 Å². The van der Waals surface area contributed by atoms with E-state index in [4.69, 9.17) is 9.02 Å². The Morgan fingerprint density at radius 2 is 1.38 bits per heavy atom. The molecule has 0 aliphatic carbocycles. The molecule has 2 heterocycles. The van der Waals surface area contributed by atoms with E-state index in [2.05, 4.69) is 0 Å². The van der Waals surface area contributed by atoms with Crippen molar-refractivity contribution in [3.8, 4) is 5.75 Å². The van der Waals surface area contributed by atoms with Crippen LogP contribution in [0.5, 0.6) is 5.75 Å². The van der Waals surface area contributed by atoms with Crippen molar-refractivity contribution in [1.29, 1.82) is 0 Å². The number of anilines is 2. The van der Waals surface area contributed by atoms with Gasteiger partial charge in [-0.05, 0) is 55.0 Å². The van der Waals surface area contributed by atoms with Gasteiger partial charge in [-0.2, -0.15) is 8.42 Å². The van der Waals surface area contributed by atoms with Gasteiger partial charge < -0.3 is 4.18 Å². The standard InChI is InChI=1S/C30H24N2O6S/c1-20-11-10-14-22(19-20)31-29(33)26-27(32(37-28(26)30(31)34)21-12-4-2-5-13-21)24-17-8-9-18-25(24)38-39(35,36)23-15-6-3-7-16-23/h2-19,26-28H,1H3/t26-,27-,28-/m1/s1. The molecule has 6 rings (SSSR count). The molecule has 0 saturated carbocycles. The summed E-state index contributed by atoms with van der Waals surface area (Å²) in [6.07, 6.45) is -1.10. The van der Waals surface area contributed by atoms with E-state index in [0.29, 0.717) is 16.9 Å². The summed E-state index contributed by atoms with van der Waals surface area (Å²) in [6, 6.07) is 29.8. The lowest BCUT2D eigenvalue weighted by Crippen LogP contribution is -2.37. The quantitative estimate of drug-likeness (QED) is 0.256. The van der Waals surface area contributed by atoms with Crippen molar-refractivity contribution in [2.75, 3.05) is 9.96 Å². The molecule has 4 aromatic rings. The molecule has 2 fully saturated rings. The van der Waals surface area contributed by atoms with Gasteiger partial charge >= 0.3 is 10.1 Å². The Hall–Kier alpha value is -4.47. The molecule has 8 nitrogen and oxygen atoms in total. The summed E-state index contributed by atoms with van der Waals surface area (Å²) in [6.45, 7) is 1.88. The van der Waals surface area contributed by atoms with E-state index in [-0.39, 0.29) is 10.6 Å². The summed E-state index contributed by atoms with van der Waals surface area (Å²) in [7, 11) is -4.17. The monoisotopic (exact) mass is 540 g/mol. The van der Waals surface area contributed by atoms with Crippen molar-refractivity contribution in [2.24, 2.45) is 5.92 Å². The van der Waals surface area contributed by atoms with E-state index in [9.17, 15) is 18.0 Å². The van der Waals surface area contributed by atoms with Crippen LogP contribution in [0.25, 0.3) is 0 Å². The predicted octanol–water partition coefficient (Wildman–Crippen LogP) is 4.81. The van der Waals surface area contributed by atoms with Crippen LogP contribution in [0.2, 0.25) is 0 Å². The number of para-hydroxylation sites is 2. The number of rotatable bonds is 6. The minimum atomic E-state index is -4.17. The number of benzene rings is 4. The minimum absolute atomic E-state index is 0.00184. The van der Waals surface area contributed by atoms with E-state index in [1.807, 2.05) is 31.2 Å². The highest BCUT2D eigenvalue weighted by molar-refractivity contribution is 7.87. The Morgan fingerprint density at radius 1 is 0.744 bits per heavy atom. The van der Waals surface area contributed by atoms with Crippen LogP contribution < -0.4 is 14.1 Å². The number of aryl methyl sites for hydroxylation is 1. The van der Waals surface area contributed by atoms with Crippen molar-refractivity contribution < 1.29 is 27.0 Å². The van der Waals surface area contributed by atoms with Crippen molar-refractivity contribution in [2.45, 2.75) is 24.0 Å². The van der Waals surface area contributed by atoms with Crippen LogP contribution in [0.3, 0.4) is 0 Å². The Labute approximate surface area is 226 Å². The average molecular weight is 541 g/mol. The van der Waals surface area contributed by atoms with E-state index in [1.54, 1.807) is 66.7 Å². The second-order valence-corrected chi connectivity index (χ2v) is 10.9. The van der Waals surface area contributed by atoms with Gasteiger partial charge in [-0.25, -0.2) is 9.96 Å². The molecule has 2 aliphatic heterocycles. The molecular formula is C30H24N2O6S. The van der Waals surface area contributed by atoms with E-state index in [0.717, 1.165) is 10.5 Å². The molecular weight excluding hydrogens is 516 g/mol. The van der Waals surface area contributed by atoms with Gasteiger partial charge in [-0.15, -0.1) is 0 Å². The lowest BCUT2D eigenvalue weighted by molar-refractivity contribution is -0.126. The lowest BCUT2D eigenvalue weighted by Gasteiger charge is -2.29. The number of hydrogen-bond donors (Lipinski definition) is 0. The van der Waals surface area contributed by atoms with Crippen molar-refractivity contribution >= 4 is 33.3 Å². The first kappa shape index (κ1) is 24.8. The smallest absolute Gasteiger partial charge is 0.339 e. The molecule has 0 radical (unpaired) electrons. The highest BCUT2D eigenvalue weighted by Crippen LogP contribution is 2.49. The van der Waals surface area contributed by atoms with Gasteiger partial charge in [0.15, 0.2) is 6.10 Å². The molecule has 4 aromatic carbocycles. The van der Waals surface area contributed by atoms with Crippen molar-refractivity contribution in [3.63, 3.8) is 0 Å². The fourth-order valence-corrected chi connectivity index (χ4v) is 6.08. The zero-order chi connectivity index (χ0) is 27.1. The van der Waals surface area contributed by atoms with Gasteiger partial charge in [0, 0.05) is 5.56 Å². The van der Waals surface area contributed by atoms with Crippen LogP contribution in [0.4, 0.5) is 11.4 Å². The highest BCUT2D eigenvalue weighted by Gasteiger charge is 2.60. The first-order chi connectivity index (χ1) is 18.8. The van der Waals surface area contributed by atoms with Crippen molar-refractivity contribution in [3.05, 3.63) is 120 Å². The number of nitrogens with zero attached hydrogens (tertiary/aromatic N) is 2. The van der Waals surface area contributed by atoms with Crippen LogP contribution >= 0.6 is 0 Å². The Morgan fingerprint density at radius 3 is 2.10 bits per heavy atom. The zero-order valence-electron chi connectivity index (χ0n) is 20.9. The van der Waals surface area contributed by atoms with Gasteiger partial charge in [0.25, 0.3) is 5.91 Å². The second kappa shape index (κ2) is 9.68. The maximum Gasteiger partial charge on any atom is 0.339 e. The second-order valence-electron chi connectivity index (χ2n) is 9.40. The molecule has 9 heteroatoms. The molecule has 0 N–H and O–H groups in total. The highest BCUT2D eigenvalue weighted by atomic mass is 32.2. The van der Waals surface area contributed by atoms with Gasteiger partial charge in [-0.3, -0.25) is 14.4 Å². The molecule has 2 amide bonds. The molecule has 2 saturated heterocycles. The molecule has 196 valence electrons. The maximum atomic E-state index is 13.9. The average Bonchev–Trinajstić information content (AvgIpc) is 3.45. The number of fused-ring (bicyclic) bond motifs is 1. The number of carbonyl (C=O) groups excluding carboxylic acids is 2. The molecule has 3 atom stereocenters. The third kappa shape index (κ3) is 4.35. The topological polar surface area (TPSA) is 93.2 Å². The van der Waals surface area contributed by atoms with Crippen LogP contribution in [0.1, 0.15) is 17.2 Å². The predicted molar refractivity (Wildman–Crippen MR) is 144 cm³/mol. The molecule has 2 aliphatic rings. The normalized spacial score (nSPS) is 20.8. The number of amides is 2. The van der Waals surface area contributed by atoms with Crippen LogP contribution in [0.15, 0.2) is 114 Å². The molecule has 0 unspecified atom stereocenters. The van der Waals surface area contributed by atoms with Crippen LogP contribution in [-0.4, -0.2) is 26.3 Å². The first-order valence-corrected chi connectivity index (χ1v) is 13.8. The largest absolute Gasteiger partial charge is 0.379 e. The fraction of sp³-hybridized carbons (Fsp3) is 0.133. The molecule has 0 spiro atoms. The number of hydrogen-bond acceptors (Lipinski definition) is 7. The fourth-order valence-electron chi connectivity index (χ4n) is 5.10. The van der Waals surface area contributed by atoms with Crippen molar-refractivity contribution in [1.82, 2.24) is 0 Å². The number of carbonyl (C=O) groups is 2. The van der Waals surface area contributed by atoms with E-state index in [1.165, 1.54) is 23.3 Å². The summed E-state index contributed by atoms with van der Waals surface area (Å²) in [5.74, 6) is -1.80. The summed E-state index contributed by atoms with van der Waals surface area (Å²) in [5, 5.41) is 1.51. The summed E-state index contributed by atoms with van der Waals surface area (Å²) < 4.78 is 31.9. The molecule has 0 bridgehead atoms. The SMILES string of the molecule is Cc1cccc(N2C(=O)[C@@H]3[C@@H](c4ccccc4OS(=O)(=O)c4ccccc4)N(c4ccccc4)O[C@H]3C2=O)c1. The van der Waals surface area contributed by atoms with Gasteiger partial charge in [0.2, 0.25) is 5.91 Å². The first-order valence-electron chi connectivity index (χ1n) is 12.4. The Kier molecular flexibility index (Phi) is 6.17. The van der Waals surface area contributed by atoms with Gasteiger partial charge in [-0.1, -0.05) is 66.7 Å². The third-order valence-electron chi connectivity index (χ3n) is 6.85. The Balaban J connectivity index is 1.45. The zero-order valence-corrected chi connectivity index (χ0v) is 21.7. The Bertz CT molecular complexity index is 1660. The van der Waals surface area contributed by atoms with Gasteiger partial charge in [0.05, 0.1) is 17.4 Å². The summed E-state index contributed by atoms with van der Waals surface area (Å²) in [5.41, 5.74) is 2.38. The number of imide groups is 1. The third-order valence-corrected chi connectivity index (χ3v) is 8.10. The minimum Gasteiger partial charge on any atom is -0.379 e. The summed E-state index contributed by atoms with van der Waals surface area (Å²) in [4.78, 5) is 34.9. The van der Waals surface area contributed by atoms with Gasteiger partial charge in [0.1, 0.15) is 16.6 Å². The van der Waals surface area contributed by atoms with Crippen LogP contribution in [-0.2, 0) is 24.5 Å². The maximum absolute atomic E-state index is 13.9. The lowest BCUT2D eigenvalue weighted by atomic mass is 9.90. The number of hydroxylamine groups is 1. The van der Waals surface area contributed by atoms with E-state index >= 15 is 0 Å².